The van der Waals surface area contributed by atoms with E-state index in [4.69, 9.17) is 25.8 Å². The monoisotopic (exact) mass is 484 g/mol. The molecule has 0 bridgehead atoms. The van der Waals surface area contributed by atoms with Crippen LogP contribution in [0.5, 0.6) is 11.5 Å². The number of methoxy groups -OCH3 is 1. The molecule has 0 spiro atoms. The number of H-pyrrole nitrogens is 1. The summed E-state index contributed by atoms with van der Waals surface area (Å²) in [6.45, 7) is 7.36. The lowest BCUT2D eigenvalue weighted by molar-refractivity contribution is -0.0162. The molecule has 9 heteroatoms. The minimum Gasteiger partial charge on any atom is -0.493 e. The summed E-state index contributed by atoms with van der Waals surface area (Å²) in [6.07, 6.45) is 4.04. The van der Waals surface area contributed by atoms with Gasteiger partial charge in [0.15, 0.2) is 5.75 Å². The average Bonchev–Trinajstić information content (AvgIpc) is 3.16. The highest BCUT2D eigenvalue weighted by Crippen LogP contribution is 2.42. The predicted octanol–water partition coefficient (Wildman–Crippen LogP) is 4.96. The molecule has 3 aromatic rings. The van der Waals surface area contributed by atoms with Crippen molar-refractivity contribution in [2.45, 2.75) is 32.8 Å². The zero-order valence-electron chi connectivity index (χ0n) is 19.8. The highest BCUT2D eigenvalue weighted by Gasteiger charge is 2.28. The van der Waals surface area contributed by atoms with Crippen LogP contribution in [0, 0.1) is 0 Å². The number of benzene rings is 1. The van der Waals surface area contributed by atoms with E-state index in [0.29, 0.717) is 59.6 Å². The van der Waals surface area contributed by atoms with E-state index >= 15 is 0 Å². The van der Waals surface area contributed by atoms with Crippen LogP contribution in [0.25, 0.3) is 11.3 Å². The van der Waals surface area contributed by atoms with Crippen LogP contribution in [-0.4, -0.2) is 48.3 Å². The van der Waals surface area contributed by atoms with Gasteiger partial charge in [-0.15, -0.1) is 0 Å². The number of anilines is 2. The van der Waals surface area contributed by atoms with Crippen LogP contribution < -0.4 is 20.1 Å². The number of aromatic amines is 1. The second-order valence-corrected chi connectivity index (χ2v) is 9.27. The summed E-state index contributed by atoms with van der Waals surface area (Å²) in [4.78, 5) is 20.5. The summed E-state index contributed by atoms with van der Waals surface area (Å²) in [5.74, 6) is 0.925. The first-order valence-corrected chi connectivity index (χ1v) is 11.5. The van der Waals surface area contributed by atoms with Gasteiger partial charge in [-0.2, -0.15) is 0 Å². The third kappa shape index (κ3) is 5.13. The fourth-order valence-electron chi connectivity index (χ4n) is 3.86. The van der Waals surface area contributed by atoms with E-state index in [-0.39, 0.29) is 11.5 Å². The van der Waals surface area contributed by atoms with Crippen molar-refractivity contribution in [1.29, 1.82) is 0 Å². The number of hydrogen-bond acceptors (Lipinski definition) is 6. The Morgan fingerprint density at radius 3 is 2.79 bits per heavy atom. The van der Waals surface area contributed by atoms with Crippen molar-refractivity contribution in [3.8, 4) is 22.8 Å². The van der Waals surface area contributed by atoms with Crippen molar-refractivity contribution >= 4 is 28.9 Å². The van der Waals surface area contributed by atoms with Gasteiger partial charge in [0.25, 0.3) is 5.91 Å². The fraction of sp³-hybridized carbons (Fsp3) is 0.360. The first-order valence-electron chi connectivity index (χ1n) is 11.1. The Bertz CT molecular complexity index is 1190. The van der Waals surface area contributed by atoms with Gasteiger partial charge in [0.05, 0.1) is 53.2 Å². The maximum atomic E-state index is 12.9. The van der Waals surface area contributed by atoms with Crippen molar-refractivity contribution in [3.05, 3.63) is 52.9 Å². The Balaban J connectivity index is 1.74. The maximum Gasteiger partial charge on any atom is 0.255 e. The smallest absolute Gasteiger partial charge is 0.255 e. The summed E-state index contributed by atoms with van der Waals surface area (Å²) in [5.41, 5.74) is 3.92. The second kappa shape index (κ2) is 9.95. The number of rotatable bonds is 8. The lowest BCUT2D eigenvalue weighted by Crippen LogP contribution is -2.31. The van der Waals surface area contributed by atoms with Crippen molar-refractivity contribution < 1.29 is 19.0 Å². The molecule has 0 saturated heterocycles. The van der Waals surface area contributed by atoms with Crippen LogP contribution in [0.15, 0.2) is 36.7 Å². The summed E-state index contributed by atoms with van der Waals surface area (Å²) in [5, 5.41) is 6.77. The molecule has 0 saturated carbocycles. The molecule has 0 radical (unpaired) electrons. The minimum absolute atomic E-state index is 0.151. The van der Waals surface area contributed by atoms with Crippen molar-refractivity contribution in [2.75, 3.05) is 32.2 Å². The molecule has 0 unspecified atom stereocenters. The fourth-order valence-corrected chi connectivity index (χ4v) is 4.11. The Kier molecular flexibility index (Phi) is 7.00. The number of carbonyl (C=O) groups is 1. The number of ether oxygens (including phenoxy) is 3. The van der Waals surface area contributed by atoms with E-state index in [2.05, 4.69) is 20.6 Å². The molecule has 2 aromatic heterocycles. The van der Waals surface area contributed by atoms with Gasteiger partial charge < -0.3 is 29.8 Å². The molecular formula is C25H29ClN4O4. The quantitative estimate of drug-likeness (QED) is 0.391. The summed E-state index contributed by atoms with van der Waals surface area (Å²) >= 11 is 6.33. The Labute approximate surface area is 204 Å². The van der Waals surface area contributed by atoms with Crippen LogP contribution in [-0.2, 0) is 11.2 Å². The summed E-state index contributed by atoms with van der Waals surface area (Å²) < 4.78 is 17.3. The number of pyridine rings is 1. The highest BCUT2D eigenvalue weighted by molar-refractivity contribution is 6.32. The third-order valence-corrected chi connectivity index (χ3v) is 5.62. The zero-order chi connectivity index (χ0) is 24.3. The molecule has 4 rings (SSSR count). The number of para-hydroxylation sites is 1. The van der Waals surface area contributed by atoms with Gasteiger partial charge in [0.2, 0.25) is 0 Å². The molecule has 1 aliphatic heterocycles. The molecule has 8 nitrogen and oxygen atoms in total. The van der Waals surface area contributed by atoms with Crippen LogP contribution >= 0.6 is 11.6 Å². The van der Waals surface area contributed by atoms with Gasteiger partial charge >= 0.3 is 0 Å². The van der Waals surface area contributed by atoms with Crippen LogP contribution in [0.4, 0.5) is 11.4 Å². The number of aromatic nitrogens is 2. The van der Waals surface area contributed by atoms with Crippen molar-refractivity contribution in [2.24, 2.45) is 0 Å². The molecule has 1 aromatic carbocycles. The third-order valence-electron chi connectivity index (χ3n) is 5.33. The van der Waals surface area contributed by atoms with Crippen molar-refractivity contribution in [1.82, 2.24) is 15.3 Å². The summed E-state index contributed by atoms with van der Waals surface area (Å²) in [6, 6.07) is 7.28. The van der Waals surface area contributed by atoms with Gasteiger partial charge in [-0.1, -0.05) is 17.7 Å². The number of nitrogens with zero attached hydrogens (tertiary/aromatic N) is 1. The molecule has 0 atom stereocenters. The van der Waals surface area contributed by atoms with E-state index in [1.807, 2.05) is 39.0 Å². The van der Waals surface area contributed by atoms with Gasteiger partial charge in [-0.3, -0.25) is 9.78 Å². The normalized spacial score (nSPS) is 13.3. The standard InChI is InChI=1S/C25H29ClN4O4/c1-25(2,3)34-13-12-33-19-14-27-10-8-15(19)21-22(20-17(29-21)9-11-28-24(20)31)30-18-7-5-6-16(26)23(18)32-4/h5-8,10,14,29-30H,9,11-13H2,1-4H3,(H,28,31). The first kappa shape index (κ1) is 23.9. The SMILES string of the molecule is COc1c(Cl)cccc1Nc1c(-c2ccncc2OCCOC(C)(C)C)[nH]c2c1C(=O)NCC2. The number of nitrogens with one attached hydrogen (secondary N) is 3. The van der Waals surface area contributed by atoms with E-state index in [9.17, 15) is 4.79 Å². The zero-order valence-corrected chi connectivity index (χ0v) is 20.5. The molecule has 0 fully saturated rings. The van der Waals surface area contributed by atoms with Gasteiger partial charge in [-0.05, 0) is 39.0 Å². The van der Waals surface area contributed by atoms with Crippen LogP contribution in [0.2, 0.25) is 5.02 Å². The maximum absolute atomic E-state index is 12.9. The number of halogens is 1. The van der Waals surface area contributed by atoms with Crippen LogP contribution in [0.1, 0.15) is 36.8 Å². The Hall–Kier alpha value is -3.23. The first-order chi connectivity index (χ1) is 16.3. The predicted molar refractivity (Wildman–Crippen MR) is 133 cm³/mol. The second-order valence-electron chi connectivity index (χ2n) is 8.86. The minimum atomic E-state index is -0.250. The topological polar surface area (TPSA) is 97.5 Å². The summed E-state index contributed by atoms with van der Waals surface area (Å²) in [7, 11) is 1.56. The van der Waals surface area contributed by atoms with Crippen molar-refractivity contribution in [3.63, 3.8) is 0 Å². The lowest BCUT2D eigenvalue weighted by Gasteiger charge is -2.20. The molecule has 34 heavy (non-hydrogen) atoms. The van der Waals surface area contributed by atoms with Gasteiger partial charge in [0, 0.05) is 30.4 Å². The molecular weight excluding hydrogens is 456 g/mol. The van der Waals surface area contributed by atoms with Gasteiger partial charge in [-0.25, -0.2) is 0 Å². The molecule has 3 N–H and O–H groups in total. The van der Waals surface area contributed by atoms with E-state index in [0.717, 1.165) is 17.0 Å². The Morgan fingerprint density at radius 1 is 1.21 bits per heavy atom. The average molecular weight is 485 g/mol. The van der Waals surface area contributed by atoms with E-state index in [1.165, 1.54) is 0 Å². The number of hydrogen-bond donors (Lipinski definition) is 3. The largest absolute Gasteiger partial charge is 0.493 e. The number of fused-ring (bicyclic) bond motifs is 1. The van der Waals surface area contributed by atoms with Gasteiger partial charge in [0.1, 0.15) is 12.4 Å². The van der Waals surface area contributed by atoms with Crippen LogP contribution in [0.3, 0.4) is 0 Å². The molecule has 0 aliphatic carbocycles. The highest BCUT2D eigenvalue weighted by atomic mass is 35.5. The Morgan fingerprint density at radius 2 is 2.03 bits per heavy atom. The number of carbonyl (C=O) groups excluding carboxylic acids is 1. The molecule has 1 amide bonds. The van der Waals surface area contributed by atoms with E-state index < -0.39 is 0 Å². The number of amides is 1. The molecule has 3 heterocycles. The molecule has 180 valence electrons. The lowest BCUT2D eigenvalue weighted by atomic mass is 10.0. The molecule has 1 aliphatic rings. The van der Waals surface area contributed by atoms with E-state index in [1.54, 1.807) is 25.6 Å².